The van der Waals surface area contributed by atoms with Gasteiger partial charge in [0.15, 0.2) is 0 Å². The SMILES string of the molecule is C[C@H]1CN(C(=O)CCCN2C(=O)c3ccccc3C2=O)C[C@H](C)O1. The molecule has 2 atom stereocenters. The highest BCUT2D eigenvalue weighted by Crippen LogP contribution is 2.22. The molecule has 0 unspecified atom stereocenters. The van der Waals surface area contributed by atoms with Crippen LogP contribution in [0, 0.1) is 0 Å². The predicted octanol–water partition coefficient (Wildman–Crippen LogP) is 1.70. The Morgan fingerprint density at radius 2 is 1.62 bits per heavy atom. The summed E-state index contributed by atoms with van der Waals surface area (Å²) in [4.78, 5) is 39.9. The lowest BCUT2D eigenvalue weighted by molar-refractivity contribution is -0.143. The number of hydrogen-bond acceptors (Lipinski definition) is 4. The van der Waals surface area contributed by atoms with E-state index >= 15 is 0 Å². The van der Waals surface area contributed by atoms with E-state index in [0.717, 1.165) is 0 Å². The number of carbonyl (C=O) groups is 3. The zero-order valence-corrected chi connectivity index (χ0v) is 14.0. The Bertz CT molecular complexity index is 628. The molecule has 0 aromatic heterocycles. The van der Waals surface area contributed by atoms with Gasteiger partial charge in [0.25, 0.3) is 11.8 Å². The molecule has 128 valence electrons. The molecule has 0 radical (unpaired) electrons. The third-order valence-corrected chi connectivity index (χ3v) is 4.42. The maximum absolute atomic E-state index is 12.3. The third-order valence-electron chi connectivity index (χ3n) is 4.42. The van der Waals surface area contributed by atoms with Crippen molar-refractivity contribution in [2.45, 2.75) is 38.9 Å². The lowest BCUT2D eigenvalue weighted by Gasteiger charge is -2.35. The van der Waals surface area contributed by atoms with Gasteiger partial charge in [-0.05, 0) is 32.4 Å². The van der Waals surface area contributed by atoms with Gasteiger partial charge in [-0.2, -0.15) is 0 Å². The summed E-state index contributed by atoms with van der Waals surface area (Å²) in [6.45, 7) is 5.36. The van der Waals surface area contributed by atoms with Gasteiger partial charge in [-0.25, -0.2) is 0 Å². The molecular formula is C18H22N2O4. The van der Waals surface area contributed by atoms with E-state index in [0.29, 0.717) is 37.1 Å². The van der Waals surface area contributed by atoms with Crippen molar-refractivity contribution in [2.75, 3.05) is 19.6 Å². The number of ether oxygens (including phenoxy) is 1. The Balaban J connectivity index is 1.53. The van der Waals surface area contributed by atoms with Gasteiger partial charge in [-0.3, -0.25) is 19.3 Å². The van der Waals surface area contributed by atoms with Crippen molar-refractivity contribution >= 4 is 17.7 Å². The molecule has 6 heteroatoms. The number of carbonyl (C=O) groups excluding carboxylic acids is 3. The smallest absolute Gasteiger partial charge is 0.261 e. The van der Waals surface area contributed by atoms with Crippen molar-refractivity contribution in [3.8, 4) is 0 Å². The van der Waals surface area contributed by atoms with Crippen LogP contribution in [-0.4, -0.2) is 59.4 Å². The van der Waals surface area contributed by atoms with Crippen molar-refractivity contribution in [2.24, 2.45) is 0 Å². The molecule has 0 N–H and O–H groups in total. The van der Waals surface area contributed by atoms with E-state index in [2.05, 4.69) is 0 Å². The van der Waals surface area contributed by atoms with Gasteiger partial charge in [-0.15, -0.1) is 0 Å². The molecule has 2 aliphatic heterocycles. The first-order valence-corrected chi connectivity index (χ1v) is 8.36. The van der Waals surface area contributed by atoms with E-state index < -0.39 is 0 Å². The second-order valence-corrected chi connectivity index (χ2v) is 6.47. The standard InChI is InChI=1S/C18H22N2O4/c1-12-10-19(11-13(2)24-12)16(21)8-5-9-20-17(22)14-6-3-4-7-15(14)18(20)23/h3-4,6-7,12-13H,5,8-11H2,1-2H3/t12-,13-/m0/s1. The first-order chi connectivity index (χ1) is 11.5. The number of amides is 3. The van der Waals surface area contributed by atoms with Crippen molar-refractivity contribution in [3.05, 3.63) is 35.4 Å². The van der Waals surface area contributed by atoms with Crippen LogP contribution < -0.4 is 0 Å². The van der Waals surface area contributed by atoms with Crippen molar-refractivity contribution in [1.29, 1.82) is 0 Å². The number of nitrogens with zero attached hydrogens (tertiary/aromatic N) is 2. The van der Waals surface area contributed by atoms with Gasteiger partial charge in [0, 0.05) is 26.1 Å². The summed E-state index contributed by atoms with van der Waals surface area (Å²) in [6, 6.07) is 6.82. The fraction of sp³-hybridized carbons (Fsp3) is 0.500. The molecule has 0 bridgehead atoms. The normalized spacial score (nSPS) is 23.6. The van der Waals surface area contributed by atoms with Crippen LogP contribution in [-0.2, 0) is 9.53 Å². The highest BCUT2D eigenvalue weighted by Gasteiger charge is 2.34. The van der Waals surface area contributed by atoms with Gasteiger partial charge in [0.1, 0.15) is 0 Å². The minimum absolute atomic E-state index is 0.0361. The van der Waals surface area contributed by atoms with Crippen LogP contribution in [0.2, 0.25) is 0 Å². The van der Waals surface area contributed by atoms with Gasteiger partial charge >= 0.3 is 0 Å². The molecule has 1 saturated heterocycles. The quantitative estimate of drug-likeness (QED) is 0.788. The van der Waals surface area contributed by atoms with E-state index in [1.165, 1.54) is 4.90 Å². The first-order valence-electron chi connectivity index (χ1n) is 8.36. The second kappa shape index (κ2) is 6.73. The van der Waals surface area contributed by atoms with Crippen LogP contribution in [0.1, 0.15) is 47.4 Å². The van der Waals surface area contributed by atoms with E-state index in [1.807, 2.05) is 13.8 Å². The molecule has 0 spiro atoms. The van der Waals surface area contributed by atoms with Crippen molar-refractivity contribution in [3.63, 3.8) is 0 Å². The summed E-state index contributed by atoms with van der Waals surface area (Å²) in [7, 11) is 0. The van der Waals surface area contributed by atoms with E-state index in [9.17, 15) is 14.4 Å². The molecule has 0 aliphatic carbocycles. The number of fused-ring (bicyclic) bond motifs is 1. The molecule has 2 heterocycles. The molecule has 2 aliphatic rings. The predicted molar refractivity (Wildman–Crippen MR) is 87.6 cm³/mol. The summed E-state index contributed by atoms with van der Waals surface area (Å²) < 4.78 is 5.62. The first kappa shape index (κ1) is 16.6. The van der Waals surface area contributed by atoms with E-state index in [4.69, 9.17) is 4.74 Å². The average molecular weight is 330 g/mol. The van der Waals surface area contributed by atoms with Crippen LogP contribution in [0.3, 0.4) is 0 Å². The maximum Gasteiger partial charge on any atom is 0.261 e. The van der Waals surface area contributed by atoms with Crippen LogP contribution in [0.25, 0.3) is 0 Å². The highest BCUT2D eigenvalue weighted by molar-refractivity contribution is 6.21. The van der Waals surface area contributed by atoms with Crippen molar-refractivity contribution < 1.29 is 19.1 Å². The maximum atomic E-state index is 12.3. The summed E-state index contributed by atoms with van der Waals surface area (Å²) in [6.07, 6.45) is 0.875. The minimum atomic E-state index is -0.267. The Morgan fingerprint density at radius 3 is 2.17 bits per heavy atom. The number of morpholine rings is 1. The zero-order chi connectivity index (χ0) is 17.3. The summed E-state index contributed by atoms with van der Waals surface area (Å²) >= 11 is 0. The van der Waals surface area contributed by atoms with Crippen LogP contribution in [0.5, 0.6) is 0 Å². The number of hydrogen-bond donors (Lipinski definition) is 0. The second-order valence-electron chi connectivity index (χ2n) is 6.47. The van der Waals surface area contributed by atoms with Crippen LogP contribution in [0.15, 0.2) is 24.3 Å². The Hall–Kier alpha value is -2.21. The molecule has 24 heavy (non-hydrogen) atoms. The fourth-order valence-electron chi connectivity index (χ4n) is 3.37. The molecule has 3 rings (SSSR count). The lowest BCUT2D eigenvalue weighted by Crippen LogP contribution is -2.48. The zero-order valence-electron chi connectivity index (χ0n) is 14.0. The monoisotopic (exact) mass is 330 g/mol. The molecular weight excluding hydrogens is 308 g/mol. The van der Waals surface area contributed by atoms with Crippen LogP contribution >= 0.6 is 0 Å². The molecule has 6 nitrogen and oxygen atoms in total. The van der Waals surface area contributed by atoms with Gasteiger partial charge in [0.05, 0.1) is 23.3 Å². The molecule has 1 aromatic carbocycles. The summed E-state index contributed by atoms with van der Waals surface area (Å²) in [5, 5.41) is 0. The average Bonchev–Trinajstić information content (AvgIpc) is 2.79. The summed E-state index contributed by atoms with van der Waals surface area (Å²) in [5.74, 6) is -0.484. The van der Waals surface area contributed by atoms with Crippen molar-refractivity contribution in [1.82, 2.24) is 9.80 Å². The molecule has 1 fully saturated rings. The summed E-state index contributed by atoms with van der Waals surface area (Å²) in [5.41, 5.74) is 0.898. The highest BCUT2D eigenvalue weighted by atomic mass is 16.5. The molecule has 1 aromatic rings. The molecule has 3 amide bonds. The lowest BCUT2D eigenvalue weighted by atomic mass is 10.1. The fourth-order valence-corrected chi connectivity index (χ4v) is 3.37. The van der Waals surface area contributed by atoms with Gasteiger partial charge < -0.3 is 9.64 Å². The van der Waals surface area contributed by atoms with Gasteiger partial charge in [0.2, 0.25) is 5.91 Å². The topological polar surface area (TPSA) is 66.9 Å². The third kappa shape index (κ3) is 3.19. The Labute approximate surface area is 141 Å². The van der Waals surface area contributed by atoms with E-state index in [1.54, 1.807) is 29.2 Å². The van der Waals surface area contributed by atoms with Crippen LogP contribution in [0.4, 0.5) is 0 Å². The number of rotatable bonds is 4. The number of benzene rings is 1. The largest absolute Gasteiger partial charge is 0.372 e. The Kier molecular flexibility index (Phi) is 4.66. The number of imide groups is 1. The van der Waals surface area contributed by atoms with Gasteiger partial charge in [-0.1, -0.05) is 12.1 Å². The molecule has 0 saturated carbocycles. The Morgan fingerprint density at radius 1 is 1.08 bits per heavy atom. The van der Waals surface area contributed by atoms with E-state index in [-0.39, 0.29) is 36.5 Å². The minimum Gasteiger partial charge on any atom is -0.372 e.